The molecule has 0 amide bonds. The summed E-state index contributed by atoms with van der Waals surface area (Å²) in [6.45, 7) is 1.82. The Balaban J connectivity index is 2.08. The Hall–Kier alpha value is -1.47. The molecule has 1 aromatic heterocycles. The second-order valence-electron chi connectivity index (χ2n) is 3.62. The van der Waals surface area contributed by atoms with Gasteiger partial charge in [-0.15, -0.1) is 0 Å². The van der Waals surface area contributed by atoms with Crippen LogP contribution in [0.2, 0.25) is 0 Å². The number of hydrogen-bond donors (Lipinski definition) is 2. The fourth-order valence-electron chi connectivity index (χ4n) is 1.31. The summed E-state index contributed by atoms with van der Waals surface area (Å²) in [4.78, 5) is 4.20. The van der Waals surface area contributed by atoms with Gasteiger partial charge < -0.3 is 5.73 Å². The maximum atomic E-state index is 13.7. The Labute approximate surface area is 112 Å². The van der Waals surface area contributed by atoms with Crippen LogP contribution in [0.4, 0.5) is 4.39 Å². The summed E-state index contributed by atoms with van der Waals surface area (Å²) in [6.07, 6.45) is 0. The zero-order chi connectivity index (χ0) is 13.1. The van der Waals surface area contributed by atoms with Crippen molar-refractivity contribution in [3.05, 3.63) is 41.0 Å². The lowest BCUT2D eigenvalue weighted by Crippen LogP contribution is -2.11. The highest BCUT2D eigenvalue weighted by molar-refractivity contribution is 8.00. The van der Waals surface area contributed by atoms with E-state index in [0.717, 1.165) is 10.2 Å². The SMILES string of the molecule is Cc1nsc(SCc2ccc(C(=N)N)cc2F)n1. The molecule has 0 aliphatic heterocycles. The fourth-order valence-corrected chi connectivity index (χ4v) is 2.94. The van der Waals surface area contributed by atoms with Gasteiger partial charge in [0.2, 0.25) is 0 Å². The molecule has 2 rings (SSSR count). The Morgan fingerprint density at radius 2 is 2.33 bits per heavy atom. The number of halogens is 1. The van der Waals surface area contributed by atoms with Crippen LogP contribution in [0.15, 0.2) is 22.5 Å². The predicted molar refractivity (Wildman–Crippen MR) is 71.6 cm³/mol. The van der Waals surface area contributed by atoms with Gasteiger partial charge in [-0.2, -0.15) is 4.37 Å². The second kappa shape index (κ2) is 5.45. The molecule has 94 valence electrons. The second-order valence-corrected chi connectivity index (χ2v) is 5.59. The van der Waals surface area contributed by atoms with Crippen LogP contribution in [0.5, 0.6) is 0 Å². The minimum absolute atomic E-state index is 0.132. The van der Waals surface area contributed by atoms with Gasteiger partial charge in [0, 0.05) is 11.3 Å². The third-order valence-corrected chi connectivity index (χ3v) is 4.20. The van der Waals surface area contributed by atoms with Gasteiger partial charge in [-0.25, -0.2) is 9.37 Å². The molecule has 0 atom stereocenters. The standard InChI is InChI=1S/C11H11FN4S2/c1-6-15-11(18-16-6)17-5-8-3-2-7(10(13)14)4-9(8)12/h2-4H,5H2,1H3,(H3,13,14). The van der Waals surface area contributed by atoms with Gasteiger partial charge in [0.25, 0.3) is 0 Å². The summed E-state index contributed by atoms with van der Waals surface area (Å²) in [7, 11) is 0. The minimum atomic E-state index is -0.351. The fraction of sp³-hybridized carbons (Fsp3) is 0.182. The van der Waals surface area contributed by atoms with E-state index in [4.69, 9.17) is 11.1 Å². The summed E-state index contributed by atoms with van der Waals surface area (Å²) in [6, 6.07) is 4.57. The van der Waals surface area contributed by atoms with Crippen molar-refractivity contribution in [1.82, 2.24) is 9.36 Å². The van der Waals surface area contributed by atoms with E-state index < -0.39 is 0 Å². The number of thioether (sulfide) groups is 1. The van der Waals surface area contributed by atoms with Crippen LogP contribution in [0.25, 0.3) is 0 Å². The number of nitrogens with one attached hydrogen (secondary N) is 1. The summed E-state index contributed by atoms with van der Waals surface area (Å²) in [5.41, 5.74) is 6.26. The van der Waals surface area contributed by atoms with Crippen LogP contribution in [-0.4, -0.2) is 15.2 Å². The molecule has 0 aliphatic carbocycles. The van der Waals surface area contributed by atoms with E-state index in [2.05, 4.69) is 9.36 Å². The van der Waals surface area contributed by atoms with Crippen molar-refractivity contribution < 1.29 is 4.39 Å². The van der Waals surface area contributed by atoms with E-state index in [1.807, 2.05) is 6.92 Å². The minimum Gasteiger partial charge on any atom is -0.384 e. The van der Waals surface area contributed by atoms with Crippen LogP contribution in [0.3, 0.4) is 0 Å². The molecule has 0 saturated heterocycles. The highest BCUT2D eigenvalue weighted by atomic mass is 32.2. The zero-order valence-electron chi connectivity index (χ0n) is 9.61. The quantitative estimate of drug-likeness (QED) is 0.513. The van der Waals surface area contributed by atoms with E-state index in [9.17, 15) is 4.39 Å². The van der Waals surface area contributed by atoms with Crippen molar-refractivity contribution in [2.75, 3.05) is 0 Å². The molecular formula is C11H11FN4S2. The number of benzene rings is 1. The highest BCUT2D eigenvalue weighted by Crippen LogP contribution is 2.25. The Kier molecular flexibility index (Phi) is 3.93. The van der Waals surface area contributed by atoms with Crippen molar-refractivity contribution in [3.8, 4) is 0 Å². The summed E-state index contributed by atoms with van der Waals surface area (Å²) < 4.78 is 18.6. The number of nitrogens with zero attached hydrogens (tertiary/aromatic N) is 2. The molecule has 1 aromatic carbocycles. The van der Waals surface area contributed by atoms with E-state index in [0.29, 0.717) is 16.9 Å². The molecule has 3 N–H and O–H groups in total. The van der Waals surface area contributed by atoms with Crippen LogP contribution < -0.4 is 5.73 Å². The Morgan fingerprint density at radius 1 is 1.56 bits per heavy atom. The van der Waals surface area contributed by atoms with E-state index in [1.165, 1.54) is 29.4 Å². The van der Waals surface area contributed by atoms with Crippen LogP contribution in [-0.2, 0) is 5.75 Å². The molecule has 0 unspecified atom stereocenters. The van der Waals surface area contributed by atoms with Crippen molar-refractivity contribution >= 4 is 29.1 Å². The van der Waals surface area contributed by atoms with E-state index >= 15 is 0 Å². The number of nitrogens with two attached hydrogens (primary N) is 1. The van der Waals surface area contributed by atoms with Crippen LogP contribution in [0, 0.1) is 18.2 Å². The molecule has 0 saturated carbocycles. The largest absolute Gasteiger partial charge is 0.384 e. The lowest BCUT2D eigenvalue weighted by molar-refractivity contribution is 0.617. The molecule has 2 aromatic rings. The zero-order valence-corrected chi connectivity index (χ0v) is 11.2. The lowest BCUT2D eigenvalue weighted by Gasteiger charge is -2.04. The molecule has 0 aliphatic rings. The number of hydrogen-bond acceptors (Lipinski definition) is 5. The van der Waals surface area contributed by atoms with Gasteiger partial charge in [-0.05, 0) is 30.1 Å². The van der Waals surface area contributed by atoms with E-state index in [1.54, 1.807) is 12.1 Å². The highest BCUT2D eigenvalue weighted by Gasteiger charge is 2.07. The van der Waals surface area contributed by atoms with Crippen LogP contribution >= 0.6 is 23.3 Å². The first kappa shape index (κ1) is 13.0. The molecule has 18 heavy (non-hydrogen) atoms. The first-order chi connectivity index (χ1) is 8.56. The number of rotatable bonds is 4. The average Bonchev–Trinajstić information content (AvgIpc) is 2.73. The average molecular weight is 282 g/mol. The maximum absolute atomic E-state index is 13.7. The molecular weight excluding hydrogens is 271 g/mol. The van der Waals surface area contributed by atoms with Gasteiger partial charge in [-0.3, -0.25) is 5.41 Å². The third-order valence-electron chi connectivity index (χ3n) is 2.22. The van der Waals surface area contributed by atoms with Crippen molar-refractivity contribution in [1.29, 1.82) is 5.41 Å². The molecule has 0 bridgehead atoms. The summed E-state index contributed by atoms with van der Waals surface area (Å²) >= 11 is 2.75. The number of aryl methyl sites for hydroxylation is 1. The number of nitrogen functional groups attached to an aromatic ring is 1. The molecule has 4 nitrogen and oxygen atoms in total. The Morgan fingerprint density at radius 3 is 2.89 bits per heavy atom. The van der Waals surface area contributed by atoms with Gasteiger partial charge in [0.05, 0.1) is 0 Å². The first-order valence-electron chi connectivity index (χ1n) is 5.12. The molecule has 0 spiro atoms. The lowest BCUT2D eigenvalue weighted by atomic mass is 10.1. The first-order valence-corrected chi connectivity index (χ1v) is 6.88. The smallest absolute Gasteiger partial charge is 0.170 e. The topological polar surface area (TPSA) is 75.7 Å². The number of aromatic nitrogens is 2. The predicted octanol–water partition coefficient (Wildman–Crippen LogP) is 2.56. The van der Waals surface area contributed by atoms with Gasteiger partial charge in [0.15, 0.2) is 4.34 Å². The third kappa shape index (κ3) is 3.05. The summed E-state index contributed by atoms with van der Waals surface area (Å²) in [5.74, 6) is 0.734. The normalized spacial score (nSPS) is 10.6. The number of amidine groups is 1. The molecule has 1 heterocycles. The maximum Gasteiger partial charge on any atom is 0.170 e. The summed E-state index contributed by atoms with van der Waals surface area (Å²) in [5, 5.41) is 7.23. The van der Waals surface area contributed by atoms with Crippen molar-refractivity contribution in [2.45, 2.75) is 17.0 Å². The van der Waals surface area contributed by atoms with Crippen molar-refractivity contribution in [3.63, 3.8) is 0 Å². The van der Waals surface area contributed by atoms with E-state index in [-0.39, 0.29) is 11.7 Å². The van der Waals surface area contributed by atoms with Gasteiger partial charge >= 0.3 is 0 Å². The molecule has 0 radical (unpaired) electrons. The van der Waals surface area contributed by atoms with Gasteiger partial charge in [-0.1, -0.05) is 23.9 Å². The van der Waals surface area contributed by atoms with Crippen molar-refractivity contribution in [2.24, 2.45) is 5.73 Å². The molecule has 0 fully saturated rings. The van der Waals surface area contributed by atoms with Crippen LogP contribution in [0.1, 0.15) is 17.0 Å². The van der Waals surface area contributed by atoms with Gasteiger partial charge in [0.1, 0.15) is 17.5 Å². The monoisotopic (exact) mass is 282 g/mol. The Bertz CT molecular complexity index is 582. The molecule has 7 heteroatoms.